The minimum atomic E-state index is 0.0882. The van der Waals surface area contributed by atoms with Crippen molar-refractivity contribution in [2.24, 2.45) is 0 Å². The largest absolute Gasteiger partial charge is 0.368 e. The number of nitrogen functional groups attached to an aromatic ring is 2. The number of nitrogens with two attached hydrogens (primary N) is 2. The smallest absolute Gasteiger partial charge is 0.242 e. The Kier molecular flexibility index (Phi) is 1.91. The van der Waals surface area contributed by atoms with Gasteiger partial charge in [0.1, 0.15) is 6.33 Å². The first-order valence-electron chi connectivity index (χ1n) is 4.93. The second-order valence-corrected chi connectivity index (χ2v) is 3.46. The summed E-state index contributed by atoms with van der Waals surface area (Å²) in [5.74, 6) is 0.541. The molecule has 0 aliphatic rings. The summed E-state index contributed by atoms with van der Waals surface area (Å²) >= 11 is 0. The van der Waals surface area contributed by atoms with Gasteiger partial charge in [0.15, 0.2) is 0 Å². The Balaban J connectivity index is 2.27. The molecule has 3 rings (SSSR count). The average molecular weight is 227 g/mol. The quantitative estimate of drug-likeness (QED) is 0.621. The molecule has 0 aliphatic carbocycles. The van der Waals surface area contributed by atoms with Crippen LogP contribution in [0.25, 0.3) is 17.0 Å². The fourth-order valence-electron chi connectivity index (χ4n) is 1.62. The maximum atomic E-state index is 5.53. The molecule has 17 heavy (non-hydrogen) atoms. The maximum Gasteiger partial charge on any atom is 0.242 e. The molecule has 0 amide bonds. The Morgan fingerprint density at radius 1 is 0.941 bits per heavy atom. The van der Waals surface area contributed by atoms with Gasteiger partial charge >= 0.3 is 0 Å². The Morgan fingerprint density at radius 3 is 2.41 bits per heavy atom. The molecule has 7 heteroatoms. The highest BCUT2D eigenvalue weighted by Crippen LogP contribution is 2.15. The number of rotatable bonds is 1. The highest BCUT2D eigenvalue weighted by Gasteiger charge is 2.08. The lowest BCUT2D eigenvalue weighted by Crippen LogP contribution is -2.08. The maximum absolute atomic E-state index is 5.53. The first-order valence-corrected chi connectivity index (χ1v) is 4.93. The average Bonchev–Trinajstić information content (AvgIpc) is 2.71. The molecule has 2 heterocycles. The van der Waals surface area contributed by atoms with Gasteiger partial charge in [-0.05, 0) is 12.1 Å². The van der Waals surface area contributed by atoms with Crippen LogP contribution in [0, 0.1) is 0 Å². The number of para-hydroxylation sites is 2. The van der Waals surface area contributed by atoms with Crippen LogP contribution >= 0.6 is 0 Å². The van der Waals surface area contributed by atoms with Crippen molar-refractivity contribution in [3.05, 3.63) is 30.6 Å². The molecule has 3 aromatic rings. The van der Waals surface area contributed by atoms with Gasteiger partial charge in [-0.2, -0.15) is 15.0 Å². The molecule has 0 bridgehead atoms. The van der Waals surface area contributed by atoms with Gasteiger partial charge in [0.05, 0.1) is 11.0 Å². The van der Waals surface area contributed by atoms with E-state index in [1.807, 2.05) is 24.3 Å². The van der Waals surface area contributed by atoms with Gasteiger partial charge in [-0.3, -0.25) is 4.57 Å². The molecule has 0 unspecified atom stereocenters. The molecule has 0 aliphatic heterocycles. The van der Waals surface area contributed by atoms with Crippen molar-refractivity contribution >= 4 is 22.9 Å². The van der Waals surface area contributed by atoms with E-state index in [1.54, 1.807) is 10.9 Å². The molecule has 0 saturated carbocycles. The van der Waals surface area contributed by atoms with Crippen LogP contribution in [-0.4, -0.2) is 24.5 Å². The number of fused-ring (bicyclic) bond motifs is 1. The highest BCUT2D eigenvalue weighted by atomic mass is 15.3. The van der Waals surface area contributed by atoms with E-state index in [1.165, 1.54) is 0 Å². The summed E-state index contributed by atoms with van der Waals surface area (Å²) in [7, 11) is 0. The number of imidazole rings is 1. The summed E-state index contributed by atoms with van der Waals surface area (Å²) in [4.78, 5) is 16.0. The molecule has 0 atom stereocenters. The third-order valence-corrected chi connectivity index (χ3v) is 2.33. The van der Waals surface area contributed by atoms with Crippen LogP contribution in [0.2, 0.25) is 0 Å². The van der Waals surface area contributed by atoms with Gasteiger partial charge in [0, 0.05) is 0 Å². The van der Waals surface area contributed by atoms with E-state index >= 15 is 0 Å². The van der Waals surface area contributed by atoms with Crippen molar-refractivity contribution < 1.29 is 0 Å². The lowest BCUT2D eigenvalue weighted by Gasteiger charge is -2.03. The molecule has 7 nitrogen and oxygen atoms in total. The monoisotopic (exact) mass is 227 g/mol. The standard InChI is InChI=1S/C10H9N7/c11-8-14-9(12)16-10(15-8)17-5-13-6-3-1-2-4-7(6)17/h1-5H,(H4,11,12,14,15,16). The number of nitrogens with zero attached hydrogens (tertiary/aromatic N) is 5. The van der Waals surface area contributed by atoms with Crippen LogP contribution < -0.4 is 11.5 Å². The summed E-state index contributed by atoms with van der Waals surface area (Å²) in [5, 5.41) is 0. The SMILES string of the molecule is Nc1nc(N)nc(-n2cnc3ccccc32)n1. The summed E-state index contributed by atoms with van der Waals surface area (Å²) < 4.78 is 1.71. The van der Waals surface area contributed by atoms with E-state index in [0.717, 1.165) is 11.0 Å². The van der Waals surface area contributed by atoms with Gasteiger partial charge in [-0.1, -0.05) is 12.1 Å². The van der Waals surface area contributed by atoms with Gasteiger partial charge in [0.2, 0.25) is 17.8 Å². The summed E-state index contributed by atoms with van der Waals surface area (Å²) in [5.41, 5.74) is 12.8. The van der Waals surface area contributed by atoms with E-state index in [-0.39, 0.29) is 11.9 Å². The lowest BCUT2D eigenvalue weighted by molar-refractivity contribution is 0.928. The minimum Gasteiger partial charge on any atom is -0.368 e. The van der Waals surface area contributed by atoms with Gasteiger partial charge < -0.3 is 11.5 Å². The molecule has 84 valence electrons. The first-order chi connectivity index (χ1) is 8.24. The summed E-state index contributed by atoms with van der Waals surface area (Å²) in [6.07, 6.45) is 1.62. The van der Waals surface area contributed by atoms with Crippen molar-refractivity contribution in [2.45, 2.75) is 0 Å². The van der Waals surface area contributed by atoms with Crippen LogP contribution in [0.4, 0.5) is 11.9 Å². The van der Waals surface area contributed by atoms with Gasteiger partial charge in [-0.25, -0.2) is 4.98 Å². The third kappa shape index (κ3) is 1.53. The molecule has 0 radical (unpaired) electrons. The topological polar surface area (TPSA) is 109 Å². The molecular formula is C10H9N7. The first kappa shape index (κ1) is 9.52. The molecular weight excluding hydrogens is 218 g/mol. The number of anilines is 2. The Bertz CT molecular complexity index is 668. The molecule has 2 aromatic heterocycles. The van der Waals surface area contributed by atoms with Gasteiger partial charge in [0.25, 0.3) is 0 Å². The van der Waals surface area contributed by atoms with E-state index in [4.69, 9.17) is 11.5 Å². The zero-order valence-corrected chi connectivity index (χ0v) is 8.78. The van der Waals surface area contributed by atoms with E-state index in [0.29, 0.717) is 5.95 Å². The second-order valence-electron chi connectivity index (χ2n) is 3.46. The minimum absolute atomic E-state index is 0.0882. The highest BCUT2D eigenvalue weighted by molar-refractivity contribution is 5.76. The molecule has 0 fully saturated rings. The fraction of sp³-hybridized carbons (Fsp3) is 0. The van der Waals surface area contributed by atoms with Gasteiger partial charge in [-0.15, -0.1) is 0 Å². The van der Waals surface area contributed by atoms with Crippen molar-refractivity contribution in [1.29, 1.82) is 0 Å². The van der Waals surface area contributed by atoms with Crippen molar-refractivity contribution in [3.8, 4) is 5.95 Å². The number of aromatic nitrogens is 5. The predicted molar refractivity (Wildman–Crippen MR) is 63.3 cm³/mol. The Labute approximate surface area is 96.1 Å². The van der Waals surface area contributed by atoms with Crippen molar-refractivity contribution in [3.63, 3.8) is 0 Å². The van der Waals surface area contributed by atoms with Crippen LogP contribution in [0.15, 0.2) is 30.6 Å². The zero-order chi connectivity index (χ0) is 11.8. The molecule has 0 spiro atoms. The van der Waals surface area contributed by atoms with E-state index < -0.39 is 0 Å². The van der Waals surface area contributed by atoms with Crippen molar-refractivity contribution in [2.75, 3.05) is 11.5 Å². The Hall–Kier alpha value is -2.70. The summed E-state index contributed by atoms with van der Waals surface area (Å²) in [6.45, 7) is 0. The second kappa shape index (κ2) is 3.41. The zero-order valence-electron chi connectivity index (χ0n) is 8.78. The fourth-order valence-corrected chi connectivity index (χ4v) is 1.62. The van der Waals surface area contributed by atoms with Crippen molar-refractivity contribution in [1.82, 2.24) is 24.5 Å². The predicted octanol–water partition coefficient (Wildman–Crippen LogP) is 0.375. The van der Waals surface area contributed by atoms with Crippen LogP contribution in [0.3, 0.4) is 0 Å². The summed E-state index contributed by atoms with van der Waals surface area (Å²) in [6, 6.07) is 7.64. The number of benzene rings is 1. The normalized spacial score (nSPS) is 10.8. The van der Waals surface area contributed by atoms with E-state index in [2.05, 4.69) is 19.9 Å². The lowest BCUT2D eigenvalue weighted by atomic mass is 10.3. The molecule has 0 saturated heterocycles. The number of hydrogen-bond acceptors (Lipinski definition) is 6. The van der Waals surface area contributed by atoms with Crippen LogP contribution in [0.1, 0.15) is 0 Å². The molecule has 1 aromatic carbocycles. The Morgan fingerprint density at radius 2 is 1.65 bits per heavy atom. The van der Waals surface area contributed by atoms with Crippen LogP contribution in [0.5, 0.6) is 0 Å². The van der Waals surface area contributed by atoms with E-state index in [9.17, 15) is 0 Å². The molecule has 4 N–H and O–H groups in total. The van der Waals surface area contributed by atoms with Crippen LogP contribution in [-0.2, 0) is 0 Å². The third-order valence-electron chi connectivity index (χ3n) is 2.33. The number of hydrogen-bond donors (Lipinski definition) is 2.